The Morgan fingerprint density at radius 2 is 1.44 bits per heavy atom. The molecule has 3 heterocycles. The predicted octanol–water partition coefficient (Wildman–Crippen LogP) is 5.08. The normalized spacial score (nSPS) is 18.3. The largest absolute Gasteiger partial charge is 0.454 e. The summed E-state index contributed by atoms with van der Waals surface area (Å²) in [6.07, 6.45) is 3.63. The van der Waals surface area contributed by atoms with Crippen LogP contribution in [0.4, 0.5) is 21.5 Å². The summed E-state index contributed by atoms with van der Waals surface area (Å²) in [5.74, 6) is 0.134. The fourth-order valence-electron chi connectivity index (χ4n) is 5.51. The average molecular weight is 551 g/mol. The van der Waals surface area contributed by atoms with E-state index >= 15 is 0 Å². The van der Waals surface area contributed by atoms with Gasteiger partial charge in [-0.2, -0.15) is 4.31 Å². The third-order valence-corrected chi connectivity index (χ3v) is 9.58. The van der Waals surface area contributed by atoms with E-state index in [-0.39, 0.29) is 16.3 Å². The Kier molecular flexibility index (Phi) is 6.90. The number of fused-ring (bicyclic) bond motifs is 2. The SMILES string of the molecule is O=C1Nc2ccccc2Oc2cc(N3CCN(c4ccc(F)cc4)CC3)c(S(=O)(=O)N3CCCCCC3)cc21. The molecule has 10 heteroatoms. The second-order valence-corrected chi connectivity index (χ2v) is 12.0. The van der Waals surface area contributed by atoms with Crippen molar-refractivity contribution in [3.8, 4) is 11.5 Å². The van der Waals surface area contributed by atoms with Crippen LogP contribution in [0.5, 0.6) is 11.5 Å². The molecule has 8 nitrogen and oxygen atoms in total. The van der Waals surface area contributed by atoms with Gasteiger partial charge in [-0.05, 0) is 55.3 Å². The van der Waals surface area contributed by atoms with E-state index in [1.165, 1.54) is 18.2 Å². The summed E-state index contributed by atoms with van der Waals surface area (Å²) in [4.78, 5) is 17.6. The third-order valence-electron chi connectivity index (χ3n) is 7.66. The summed E-state index contributed by atoms with van der Waals surface area (Å²) < 4.78 is 49.4. The quantitative estimate of drug-likeness (QED) is 0.488. The number of nitrogens with zero attached hydrogens (tertiary/aromatic N) is 3. The van der Waals surface area contributed by atoms with E-state index in [0.717, 1.165) is 31.4 Å². The van der Waals surface area contributed by atoms with Crippen LogP contribution >= 0.6 is 0 Å². The van der Waals surface area contributed by atoms with E-state index in [2.05, 4.69) is 10.2 Å². The monoisotopic (exact) mass is 550 g/mol. The molecule has 3 aliphatic rings. The number of ether oxygens (including phenoxy) is 1. The highest BCUT2D eigenvalue weighted by Crippen LogP contribution is 2.41. The van der Waals surface area contributed by atoms with E-state index in [0.29, 0.717) is 62.1 Å². The zero-order valence-electron chi connectivity index (χ0n) is 21.6. The number of hydrogen-bond acceptors (Lipinski definition) is 6. The summed E-state index contributed by atoms with van der Waals surface area (Å²) in [5.41, 5.74) is 2.18. The van der Waals surface area contributed by atoms with E-state index in [9.17, 15) is 17.6 Å². The number of amides is 1. The molecule has 0 saturated carbocycles. The van der Waals surface area contributed by atoms with Crippen molar-refractivity contribution in [3.63, 3.8) is 0 Å². The number of nitrogens with one attached hydrogen (secondary N) is 1. The lowest BCUT2D eigenvalue weighted by Gasteiger charge is -2.38. The summed E-state index contributed by atoms with van der Waals surface area (Å²) in [6.45, 7) is 3.31. The van der Waals surface area contributed by atoms with Crippen LogP contribution in [-0.4, -0.2) is 57.9 Å². The van der Waals surface area contributed by atoms with Crippen LogP contribution in [0.2, 0.25) is 0 Å². The highest BCUT2D eigenvalue weighted by atomic mass is 32.2. The molecular weight excluding hydrogens is 519 g/mol. The lowest BCUT2D eigenvalue weighted by molar-refractivity contribution is 0.102. The van der Waals surface area contributed by atoms with Gasteiger partial charge in [0.25, 0.3) is 5.91 Å². The van der Waals surface area contributed by atoms with Crippen LogP contribution in [0.1, 0.15) is 36.0 Å². The van der Waals surface area contributed by atoms with Gasteiger partial charge in [-0.3, -0.25) is 4.79 Å². The summed E-state index contributed by atoms with van der Waals surface area (Å²) in [7, 11) is -3.87. The molecule has 3 aromatic rings. The molecule has 3 aliphatic heterocycles. The zero-order valence-corrected chi connectivity index (χ0v) is 22.4. The molecule has 0 atom stereocenters. The molecule has 2 saturated heterocycles. The molecule has 0 spiro atoms. The summed E-state index contributed by atoms with van der Waals surface area (Å²) in [5, 5.41) is 2.85. The van der Waals surface area contributed by atoms with Crippen molar-refractivity contribution in [2.75, 3.05) is 54.4 Å². The van der Waals surface area contributed by atoms with Gasteiger partial charge in [0, 0.05) is 51.0 Å². The molecule has 0 bridgehead atoms. The van der Waals surface area contributed by atoms with Crippen LogP contribution in [0, 0.1) is 5.82 Å². The maximum Gasteiger partial charge on any atom is 0.259 e. The van der Waals surface area contributed by atoms with Crippen molar-refractivity contribution in [1.82, 2.24) is 4.31 Å². The maximum absolute atomic E-state index is 14.1. The molecule has 2 fully saturated rings. The Labute approximate surface area is 228 Å². The molecule has 0 aromatic heterocycles. The van der Waals surface area contributed by atoms with Crippen molar-refractivity contribution in [2.45, 2.75) is 30.6 Å². The first-order valence-corrected chi connectivity index (χ1v) is 14.9. The number of piperazine rings is 1. The second-order valence-electron chi connectivity index (χ2n) is 10.1. The van der Waals surface area contributed by atoms with Gasteiger partial charge in [0.1, 0.15) is 16.5 Å². The fraction of sp³-hybridized carbons (Fsp3) is 0.345. The van der Waals surface area contributed by atoms with Gasteiger partial charge >= 0.3 is 0 Å². The Bertz CT molecular complexity index is 1480. The van der Waals surface area contributed by atoms with E-state index in [1.807, 2.05) is 11.0 Å². The molecule has 1 amide bonds. The van der Waals surface area contributed by atoms with Crippen LogP contribution in [0.15, 0.2) is 65.6 Å². The molecule has 204 valence electrons. The number of anilines is 3. The Morgan fingerprint density at radius 1 is 0.769 bits per heavy atom. The van der Waals surface area contributed by atoms with Crippen molar-refractivity contribution in [2.24, 2.45) is 0 Å². The second kappa shape index (κ2) is 10.5. The molecule has 3 aromatic carbocycles. The van der Waals surface area contributed by atoms with Gasteiger partial charge in [-0.1, -0.05) is 25.0 Å². The topological polar surface area (TPSA) is 82.2 Å². The van der Waals surface area contributed by atoms with Gasteiger partial charge in [-0.15, -0.1) is 0 Å². The standard InChI is InChI=1S/C29H31FN4O4S/c30-21-9-11-22(12-10-21)32-15-17-33(18-16-32)25-20-27-23(29(35)31-24-7-3-4-8-26(24)38-27)19-28(25)39(36,37)34-13-5-1-2-6-14-34/h3-4,7-12,19-20H,1-2,5-6,13-18H2,(H,31,35). The van der Waals surface area contributed by atoms with Crippen LogP contribution < -0.4 is 19.9 Å². The first kappa shape index (κ1) is 25.6. The minimum atomic E-state index is -3.87. The number of carbonyl (C=O) groups excluding carboxylic acids is 1. The first-order chi connectivity index (χ1) is 18.9. The third kappa shape index (κ3) is 5.06. The molecular formula is C29H31FN4O4S. The highest BCUT2D eigenvalue weighted by Gasteiger charge is 2.34. The molecule has 0 radical (unpaired) electrons. The molecule has 0 aliphatic carbocycles. The Hall–Kier alpha value is -3.63. The minimum absolute atomic E-state index is 0.128. The highest BCUT2D eigenvalue weighted by molar-refractivity contribution is 7.89. The Morgan fingerprint density at radius 3 is 2.15 bits per heavy atom. The van der Waals surface area contributed by atoms with E-state index < -0.39 is 15.9 Å². The number of hydrogen-bond donors (Lipinski definition) is 1. The number of sulfonamides is 1. The number of para-hydroxylation sites is 2. The van der Waals surface area contributed by atoms with Gasteiger partial charge in [0.15, 0.2) is 5.75 Å². The molecule has 0 unspecified atom stereocenters. The minimum Gasteiger partial charge on any atom is -0.454 e. The van der Waals surface area contributed by atoms with Crippen LogP contribution in [-0.2, 0) is 10.0 Å². The number of benzene rings is 3. The smallest absolute Gasteiger partial charge is 0.259 e. The summed E-state index contributed by atoms with van der Waals surface area (Å²) >= 11 is 0. The van der Waals surface area contributed by atoms with Crippen molar-refractivity contribution >= 4 is 33.0 Å². The Balaban J connectivity index is 1.39. The van der Waals surface area contributed by atoms with Crippen molar-refractivity contribution < 1.29 is 22.3 Å². The number of rotatable bonds is 4. The van der Waals surface area contributed by atoms with Crippen LogP contribution in [0.25, 0.3) is 0 Å². The average Bonchev–Trinajstić information content (AvgIpc) is 3.31. The lowest BCUT2D eigenvalue weighted by Crippen LogP contribution is -2.47. The van der Waals surface area contributed by atoms with E-state index in [4.69, 9.17) is 4.74 Å². The van der Waals surface area contributed by atoms with E-state index in [1.54, 1.807) is 40.7 Å². The summed E-state index contributed by atoms with van der Waals surface area (Å²) in [6, 6.07) is 16.7. The van der Waals surface area contributed by atoms with Crippen molar-refractivity contribution in [1.29, 1.82) is 0 Å². The lowest BCUT2D eigenvalue weighted by atomic mass is 10.1. The zero-order chi connectivity index (χ0) is 27.0. The molecule has 1 N–H and O–H groups in total. The van der Waals surface area contributed by atoms with Gasteiger partial charge < -0.3 is 19.9 Å². The number of halogens is 1. The van der Waals surface area contributed by atoms with Gasteiger partial charge in [-0.25, -0.2) is 12.8 Å². The fourth-order valence-corrected chi connectivity index (χ4v) is 7.25. The first-order valence-electron chi connectivity index (χ1n) is 13.4. The number of carbonyl (C=O) groups is 1. The predicted molar refractivity (Wildman–Crippen MR) is 149 cm³/mol. The van der Waals surface area contributed by atoms with Gasteiger partial charge in [0.2, 0.25) is 10.0 Å². The molecule has 39 heavy (non-hydrogen) atoms. The molecule has 6 rings (SSSR count). The van der Waals surface area contributed by atoms with Crippen molar-refractivity contribution in [3.05, 3.63) is 72.0 Å². The van der Waals surface area contributed by atoms with Gasteiger partial charge in [0.05, 0.1) is 16.9 Å². The van der Waals surface area contributed by atoms with Crippen LogP contribution in [0.3, 0.4) is 0 Å². The maximum atomic E-state index is 14.1.